The minimum Gasteiger partial charge on any atom is -0.462 e. The number of aliphatic hydroxyl groups is 3. The van der Waals surface area contributed by atoms with Crippen LogP contribution in [0.25, 0.3) is 0 Å². The fraction of sp³-hybridized carbons (Fsp3) is 0.745. The highest BCUT2D eigenvalue weighted by Crippen LogP contribution is 2.24. The van der Waals surface area contributed by atoms with Gasteiger partial charge in [-0.1, -0.05) is 139 Å². The molecule has 4 N–H and O–H groups in total. The Morgan fingerprint density at radius 3 is 1.58 bits per heavy atom. The number of hydrogen-bond acceptors (Lipinski definition) is 11. The van der Waals surface area contributed by atoms with Crippen molar-refractivity contribution < 1.29 is 56.8 Å². The predicted octanol–water partition coefficient (Wildman–Crippen LogP) is 9.34. The van der Waals surface area contributed by atoms with Crippen LogP contribution in [-0.2, 0) is 38.7 Å². The minimum absolute atomic E-state index is 0.0823. The van der Waals surface area contributed by atoms with E-state index in [-0.39, 0.29) is 19.4 Å². The highest BCUT2D eigenvalue weighted by Gasteiger charge is 2.46. The fourth-order valence-electron chi connectivity index (χ4n) is 6.49. The molecule has 1 fully saturated rings. The van der Waals surface area contributed by atoms with Gasteiger partial charge in [0.15, 0.2) is 12.4 Å². The van der Waals surface area contributed by atoms with Gasteiger partial charge in [-0.15, -0.1) is 0 Å². The number of aliphatic hydroxyl groups excluding tert-OH is 3. The quantitative estimate of drug-likeness (QED) is 0.0201. The van der Waals surface area contributed by atoms with Gasteiger partial charge < -0.3 is 34.3 Å². The summed E-state index contributed by atoms with van der Waals surface area (Å²) in [5.41, 5.74) is 0. The van der Waals surface area contributed by atoms with Crippen LogP contribution in [0.3, 0.4) is 0 Å². The van der Waals surface area contributed by atoms with E-state index in [1.807, 2.05) is 12.2 Å². The first-order chi connectivity index (χ1) is 29.0. The van der Waals surface area contributed by atoms with E-state index in [1.54, 1.807) is 0 Å². The van der Waals surface area contributed by atoms with Crippen LogP contribution in [0.2, 0.25) is 0 Å². The summed E-state index contributed by atoms with van der Waals surface area (Å²) in [4.78, 5) is 25.4. The zero-order valence-electron chi connectivity index (χ0n) is 36.8. The fourth-order valence-corrected chi connectivity index (χ4v) is 7.18. The minimum atomic E-state index is -4.61. The third kappa shape index (κ3) is 31.2. The summed E-state index contributed by atoms with van der Waals surface area (Å²) in [6.07, 6.45) is 35.6. The van der Waals surface area contributed by atoms with E-state index in [2.05, 4.69) is 62.5 Å². The summed E-state index contributed by atoms with van der Waals surface area (Å²) < 4.78 is 54.0. The van der Waals surface area contributed by atoms with E-state index in [4.69, 9.17) is 18.9 Å². The van der Waals surface area contributed by atoms with Crippen LogP contribution in [0.1, 0.15) is 168 Å². The van der Waals surface area contributed by atoms with E-state index in [0.29, 0.717) is 19.3 Å². The Hall–Kier alpha value is -2.65. The van der Waals surface area contributed by atoms with Crippen molar-refractivity contribution in [2.75, 3.05) is 19.0 Å². The highest BCUT2D eigenvalue weighted by molar-refractivity contribution is 7.85. The number of rotatable bonds is 37. The van der Waals surface area contributed by atoms with E-state index in [1.165, 1.54) is 77.0 Å². The van der Waals surface area contributed by atoms with Gasteiger partial charge in [0.05, 0.1) is 6.61 Å². The molecule has 6 atom stereocenters. The molecule has 13 heteroatoms. The maximum atomic E-state index is 12.8. The first-order valence-corrected chi connectivity index (χ1v) is 24.5. The van der Waals surface area contributed by atoms with Crippen LogP contribution < -0.4 is 0 Å². The molecule has 2 unspecified atom stereocenters. The van der Waals surface area contributed by atoms with Crippen LogP contribution in [-0.4, -0.2) is 96.0 Å². The highest BCUT2D eigenvalue weighted by atomic mass is 32.2. The third-order valence-corrected chi connectivity index (χ3v) is 10.8. The van der Waals surface area contributed by atoms with Crippen molar-refractivity contribution in [2.45, 2.75) is 205 Å². The molecule has 60 heavy (non-hydrogen) atoms. The first kappa shape index (κ1) is 55.4. The van der Waals surface area contributed by atoms with Crippen molar-refractivity contribution in [3.63, 3.8) is 0 Å². The molecule has 1 saturated heterocycles. The van der Waals surface area contributed by atoms with Gasteiger partial charge in [-0.25, -0.2) is 0 Å². The molecule has 0 aromatic rings. The van der Waals surface area contributed by atoms with Crippen LogP contribution in [0.5, 0.6) is 0 Å². The van der Waals surface area contributed by atoms with Gasteiger partial charge in [0.2, 0.25) is 0 Å². The van der Waals surface area contributed by atoms with Gasteiger partial charge in [-0.05, 0) is 77.0 Å². The smallest absolute Gasteiger partial charge is 0.306 e. The Balaban J connectivity index is 2.51. The van der Waals surface area contributed by atoms with Gasteiger partial charge >= 0.3 is 11.9 Å². The SMILES string of the molecule is CCCCC/C=C/C/C=C/C/C=C/C/C=C/CCCC(=O)O[C@H](COC(=O)CCCC/C=C/CCCCCCCCCCC)CO[C@H]1O[C@H](CS(=O)(=O)O)[C@@H](O)C(O)C1O. The molecular weight excluding hydrogens is 789 g/mol. The number of hydrogen-bond donors (Lipinski definition) is 4. The molecule has 1 aliphatic heterocycles. The van der Waals surface area contributed by atoms with Crippen LogP contribution >= 0.6 is 0 Å². The van der Waals surface area contributed by atoms with Crippen molar-refractivity contribution in [2.24, 2.45) is 0 Å². The van der Waals surface area contributed by atoms with Crippen molar-refractivity contribution in [3.8, 4) is 0 Å². The normalized spacial score (nSPS) is 20.7. The number of ether oxygens (including phenoxy) is 4. The molecular formula is C47H80O12S. The second-order valence-corrected chi connectivity index (χ2v) is 17.2. The van der Waals surface area contributed by atoms with E-state index in [9.17, 15) is 37.9 Å². The average molecular weight is 869 g/mol. The number of allylic oxidation sites excluding steroid dienone is 10. The molecule has 0 radical (unpaired) electrons. The van der Waals surface area contributed by atoms with Crippen LogP contribution in [0, 0.1) is 0 Å². The van der Waals surface area contributed by atoms with Gasteiger partial charge in [0.25, 0.3) is 10.1 Å². The largest absolute Gasteiger partial charge is 0.462 e. The molecule has 0 spiro atoms. The zero-order valence-corrected chi connectivity index (χ0v) is 37.6. The molecule has 0 amide bonds. The number of carbonyl (C=O) groups is 2. The molecule has 1 aliphatic rings. The molecule has 346 valence electrons. The van der Waals surface area contributed by atoms with Gasteiger partial charge in [-0.2, -0.15) is 8.42 Å². The molecule has 1 rings (SSSR count). The summed E-state index contributed by atoms with van der Waals surface area (Å²) in [6, 6.07) is 0. The maximum absolute atomic E-state index is 12.8. The van der Waals surface area contributed by atoms with Gasteiger partial charge in [0.1, 0.15) is 36.8 Å². The summed E-state index contributed by atoms with van der Waals surface area (Å²) in [5, 5.41) is 30.9. The topological polar surface area (TPSA) is 186 Å². The Bertz CT molecular complexity index is 1340. The number of carbonyl (C=O) groups excluding carboxylic acids is 2. The Morgan fingerprint density at radius 2 is 1.02 bits per heavy atom. The lowest BCUT2D eigenvalue weighted by Crippen LogP contribution is -2.60. The van der Waals surface area contributed by atoms with Crippen molar-refractivity contribution in [1.82, 2.24) is 0 Å². The Kier molecular flexibility index (Phi) is 34.1. The second kappa shape index (κ2) is 37.0. The average Bonchev–Trinajstić information content (AvgIpc) is 3.21. The Morgan fingerprint density at radius 1 is 0.567 bits per heavy atom. The molecule has 1 heterocycles. The third-order valence-electron chi connectivity index (χ3n) is 10.1. The summed E-state index contributed by atoms with van der Waals surface area (Å²) in [7, 11) is -4.61. The van der Waals surface area contributed by atoms with Crippen LogP contribution in [0.15, 0.2) is 60.8 Å². The number of unbranched alkanes of at least 4 members (excludes halogenated alkanes) is 15. The lowest BCUT2D eigenvalue weighted by atomic mass is 10.00. The lowest BCUT2D eigenvalue weighted by molar-refractivity contribution is -0.297. The van der Waals surface area contributed by atoms with E-state index < -0.39 is 71.2 Å². The standard InChI is InChI=1S/C47H80O12S/c1-3-5-7-9-11-13-15-17-19-20-22-24-26-28-30-32-34-36-43(49)58-40(38-57-47-46(52)45(51)44(50)41(59-47)39-60(53,54)55)37-56-42(48)35-33-31-29-27-25-23-21-18-16-14-12-10-8-6-4-2/h11,13,17,19,22,24-25,27-28,30,40-41,44-47,50-52H,3-10,12,14-16,18,20-21,23,26,29,31-39H2,1-2H3,(H,53,54,55)/b13-11+,19-17+,24-22+,27-25+,30-28+/t40-,41-,44-,45?,46?,47+/m1/s1. The first-order valence-electron chi connectivity index (χ1n) is 22.8. The molecule has 0 aliphatic carbocycles. The van der Waals surface area contributed by atoms with Gasteiger partial charge in [0, 0.05) is 12.8 Å². The van der Waals surface area contributed by atoms with E-state index in [0.717, 1.165) is 44.9 Å². The molecule has 0 saturated carbocycles. The Labute approximate surface area is 362 Å². The molecule has 0 bridgehead atoms. The lowest BCUT2D eigenvalue weighted by Gasteiger charge is -2.40. The number of esters is 2. The molecule has 12 nitrogen and oxygen atoms in total. The van der Waals surface area contributed by atoms with Crippen molar-refractivity contribution >= 4 is 22.1 Å². The van der Waals surface area contributed by atoms with Crippen molar-refractivity contribution in [3.05, 3.63) is 60.8 Å². The summed E-state index contributed by atoms with van der Waals surface area (Å²) >= 11 is 0. The van der Waals surface area contributed by atoms with Crippen LogP contribution in [0.4, 0.5) is 0 Å². The molecule has 0 aromatic carbocycles. The van der Waals surface area contributed by atoms with E-state index >= 15 is 0 Å². The summed E-state index contributed by atoms with van der Waals surface area (Å²) in [5.74, 6) is -2.09. The second-order valence-electron chi connectivity index (χ2n) is 15.7. The predicted molar refractivity (Wildman–Crippen MR) is 238 cm³/mol. The summed E-state index contributed by atoms with van der Waals surface area (Å²) in [6.45, 7) is 3.66. The monoisotopic (exact) mass is 869 g/mol. The van der Waals surface area contributed by atoms with Crippen molar-refractivity contribution in [1.29, 1.82) is 0 Å². The molecule has 0 aromatic heterocycles. The van der Waals surface area contributed by atoms with Gasteiger partial charge in [-0.3, -0.25) is 14.1 Å². The zero-order chi connectivity index (χ0) is 44.1. The maximum Gasteiger partial charge on any atom is 0.306 e.